The van der Waals surface area contributed by atoms with Gasteiger partial charge in [-0.1, -0.05) is 6.07 Å². The number of aromatic hydroxyl groups is 1. The summed E-state index contributed by atoms with van der Waals surface area (Å²) in [5, 5.41) is 17.5. The Morgan fingerprint density at radius 2 is 2.15 bits per heavy atom. The van der Waals surface area contributed by atoms with Crippen LogP contribution in [-0.2, 0) is 0 Å². The van der Waals surface area contributed by atoms with Gasteiger partial charge in [-0.15, -0.1) is 0 Å². The van der Waals surface area contributed by atoms with Crippen LogP contribution in [0.3, 0.4) is 0 Å². The Kier molecular flexibility index (Phi) is 2.65. The molecule has 0 unspecified atom stereocenters. The number of halogens is 2. The number of ether oxygens (including phenoxy) is 1. The maximum atomic E-state index is 11.8. The molecule has 0 bridgehead atoms. The van der Waals surface area contributed by atoms with E-state index in [9.17, 15) is 8.78 Å². The average molecular weight is 185 g/mol. The Hall–Kier alpha value is -1.83. The van der Waals surface area contributed by atoms with E-state index in [4.69, 9.17) is 10.4 Å². The summed E-state index contributed by atoms with van der Waals surface area (Å²) in [5.74, 6) is -0.696. The lowest BCUT2D eigenvalue weighted by molar-refractivity contribution is -0.0501. The number of phenolic OH excluding ortho intramolecular Hbond substituents is 1. The van der Waals surface area contributed by atoms with Gasteiger partial charge >= 0.3 is 6.61 Å². The van der Waals surface area contributed by atoms with Crippen LogP contribution in [-0.4, -0.2) is 11.7 Å². The molecule has 1 aromatic rings. The Labute approximate surface area is 72.8 Å². The molecule has 0 saturated carbocycles. The summed E-state index contributed by atoms with van der Waals surface area (Å²) >= 11 is 0. The van der Waals surface area contributed by atoms with Crippen LogP contribution in [0, 0.1) is 11.3 Å². The molecule has 0 amide bonds. The second kappa shape index (κ2) is 3.72. The molecule has 1 aromatic carbocycles. The zero-order chi connectivity index (χ0) is 9.84. The molecule has 0 aromatic heterocycles. The molecular formula is C8H5F2NO2. The van der Waals surface area contributed by atoms with Crippen LogP contribution in [0.5, 0.6) is 11.5 Å². The molecule has 0 heterocycles. The van der Waals surface area contributed by atoms with E-state index in [-0.39, 0.29) is 17.1 Å². The molecule has 3 nitrogen and oxygen atoms in total. The summed E-state index contributed by atoms with van der Waals surface area (Å²) in [4.78, 5) is 0. The lowest BCUT2D eigenvalue weighted by atomic mass is 10.2. The lowest BCUT2D eigenvalue weighted by Crippen LogP contribution is -2.03. The van der Waals surface area contributed by atoms with Gasteiger partial charge in [0.15, 0.2) is 0 Å². The molecule has 0 fully saturated rings. The van der Waals surface area contributed by atoms with E-state index in [2.05, 4.69) is 4.74 Å². The summed E-state index contributed by atoms with van der Waals surface area (Å²) in [6, 6.07) is 5.28. The van der Waals surface area contributed by atoms with Gasteiger partial charge in [-0.05, 0) is 12.1 Å². The number of alkyl halides is 2. The molecule has 5 heteroatoms. The van der Waals surface area contributed by atoms with E-state index in [0.29, 0.717) is 0 Å². The molecule has 1 N–H and O–H groups in total. The first-order chi connectivity index (χ1) is 6.15. The van der Waals surface area contributed by atoms with E-state index in [1.54, 1.807) is 6.07 Å². The number of phenols is 1. The quantitative estimate of drug-likeness (QED) is 0.765. The van der Waals surface area contributed by atoms with Crippen molar-refractivity contribution in [1.29, 1.82) is 5.26 Å². The second-order valence-electron chi connectivity index (χ2n) is 2.14. The van der Waals surface area contributed by atoms with Gasteiger partial charge in [-0.25, -0.2) is 0 Å². The number of nitrogens with zero attached hydrogens (tertiary/aromatic N) is 1. The van der Waals surface area contributed by atoms with E-state index >= 15 is 0 Å². The third-order valence-electron chi connectivity index (χ3n) is 1.33. The van der Waals surface area contributed by atoms with Crippen molar-refractivity contribution in [2.45, 2.75) is 6.61 Å². The van der Waals surface area contributed by atoms with E-state index in [0.717, 1.165) is 0 Å². The maximum Gasteiger partial charge on any atom is 0.387 e. The van der Waals surface area contributed by atoms with Crippen molar-refractivity contribution in [2.75, 3.05) is 0 Å². The fourth-order valence-electron chi connectivity index (χ4n) is 0.826. The molecule has 0 radical (unpaired) electrons. The maximum absolute atomic E-state index is 11.8. The summed E-state index contributed by atoms with van der Waals surface area (Å²) < 4.78 is 27.5. The normalized spacial score (nSPS) is 9.69. The summed E-state index contributed by atoms with van der Waals surface area (Å²) in [5.41, 5.74) is -0.289. The lowest BCUT2D eigenvalue weighted by Gasteiger charge is -2.06. The first kappa shape index (κ1) is 9.26. The minimum Gasteiger partial charge on any atom is -0.506 e. The first-order valence-electron chi connectivity index (χ1n) is 3.32. The van der Waals surface area contributed by atoms with Gasteiger partial charge in [0.05, 0.1) is 0 Å². The van der Waals surface area contributed by atoms with Crippen LogP contribution in [0.15, 0.2) is 18.2 Å². The molecule has 68 valence electrons. The second-order valence-corrected chi connectivity index (χ2v) is 2.14. The minimum absolute atomic E-state index is 0.289. The fourth-order valence-corrected chi connectivity index (χ4v) is 0.826. The molecular weight excluding hydrogens is 180 g/mol. The third kappa shape index (κ3) is 2.06. The number of rotatable bonds is 2. The Balaban J connectivity index is 3.07. The highest BCUT2D eigenvalue weighted by atomic mass is 19.3. The monoisotopic (exact) mass is 185 g/mol. The summed E-state index contributed by atoms with van der Waals surface area (Å²) in [6.45, 7) is -3.01. The van der Waals surface area contributed by atoms with Gasteiger partial charge in [0.1, 0.15) is 23.1 Å². The van der Waals surface area contributed by atoms with Crippen LogP contribution in [0.25, 0.3) is 0 Å². The van der Waals surface area contributed by atoms with E-state index in [1.807, 2.05) is 0 Å². The molecule has 0 atom stereocenters. The standard InChI is InChI=1S/C8H5F2NO2/c9-8(10)13-7-3-1-2-6(12)5(7)4-11/h1-3,8,12H. The predicted molar refractivity (Wildman–Crippen MR) is 39.5 cm³/mol. The van der Waals surface area contributed by atoms with Crippen molar-refractivity contribution < 1.29 is 18.6 Å². The molecule has 13 heavy (non-hydrogen) atoms. The molecule has 0 aliphatic rings. The smallest absolute Gasteiger partial charge is 0.387 e. The van der Waals surface area contributed by atoms with Crippen molar-refractivity contribution in [2.24, 2.45) is 0 Å². The molecule has 0 aliphatic heterocycles. The molecule has 0 saturated heterocycles. The van der Waals surface area contributed by atoms with Gasteiger partial charge in [-0.2, -0.15) is 14.0 Å². The number of nitriles is 1. The van der Waals surface area contributed by atoms with Crippen LogP contribution in [0.1, 0.15) is 5.56 Å². The van der Waals surface area contributed by atoms with Crippen LogP contribution in [0.2, 0.25) is 0 Å². The van der Waals surface area contributed by atoms with Gasteiger partial charge in [0.2, 0.25) is 0 Å². The molecule has 1 rings (SSSR count). The third-order valence-corrected chi connectivity index (χ3v) is 1.33. The van der Waals surface area contributed by atoms with Crippen molar-refractivity contribution in [3.63, 3.8) is 0 Å². The van der Waals surface area contributed by atoms with Gasteiger partial charge in [0.25, 0.3) is 0 Å². The Morgan fingerprint density at radius 1 is 1.46 bits per heavy atom. The van der Waals surface area contributed by atoms with Crippen molar-refractivity contribution in [3.8, 4) is 17.6 Å². The summed E-state index contributed by atoms with van der Waals surface area (Å²) in [7, 11) is 0. The number of hydrogen-bond acceptors (Lipinski definition) is 3. The zero-order valence-electron chi connectivity index (χ0n) is 6.37. The highest BCUT2D eigenvalue weighted by Crippen LogP contribution is 2.27. The minimum atomic E-state index is -3.01. The molecule has 0 spiro atoms. The highest BCUT2D eigenvalue weighted by Gasteiger charge is 2.11. The van der Waals surface area contributed by atoms with Gasteiger partial charge in [0, 0.05) is 0 Å². The SMILES string of the molecule is N#Cc1c(O)cccc1OC(F)F. The van der Waals surface area contributed by atoms with E-state index in [1.165, 1.54) is 18.2 Å². The first-order valence-corrected chi connectivity index (χ1v) is 3.32. The zero-order valence-corrected chi connectivity index (χ0v) is 6.37. The number of benzene rings is 1. The van der Waals surface area contributed by atoms with Crippen molar-refractivity contribution in [3.05, 3.63) is 23.8 Å². The largest absolute Gasteiger partial charge is 0.506 e. The van der Waals surface area contributed by atoms with Crippen LogP contribution >= 0.6 is 0 Å². The average Bonchev–Trinajstić information content (AvgIpc) is 2.03. The Bertz CT molecular complexity index is 346. The topological polar surface area (TPSA) is 53.2 Å². The predicted octanol–water partition coefficient (Wildman–Crippen LogP) is 1.87. The van der Waals surface area contributed by atoms with Crippen molar-refractivity contribution >= 4 is 0 Å². The molecule has 0 aliphatic carbocycles. The van der Waals surface area contributed by atoms with E-state index < -0.39 is 6.61 Å². The number of hydrogen-bond donors (Lipinski definition) is 1. The Morgan fingerprint density at radius 3 is 2.69 bits per heavy atom. The van der Waals surface area contributed by atoms with Gasteiger partial charge in [-0.3, -0.25) is 0 Å². The summed E-state index contributed by atoms with van der Waals surface area (Å²) in [6.07, 6.45) is 0. The van der Waals surface area contributed by atoms with Crippen LogP contribution < -0.4 is 4.74 Å². The van der Waals surface area contributed by atoms with Gasteiger partial charge < -0.3 is 9.84 Å². The highest BCUT2D eigenvalue weighted by molar-refractivity contribution is 5.51. The van der Waals surface area contributed by atoms with Crippen LogP contribution in [0.4, 0.5) is 8.78 Å². The fraction of sp³-hybridized carbons (Fsp3) is 0.125. The van der Waals surface area contributed by atoms with Crippen molar-refractivity contribution in [1.82, 2.24) is 0 Å².